The van der Waals surface area contributed by atoms with Crippen molar-refractivity contribution in [3.05, 3.63) is 53.2 Å². The topological polar surface area (TPSA) is 58.5 Å². The highest BCUT2D eigenvalue weighted by Gasteiger charge is 2.24. The Bertz CT molecular complexity index is 651. The van der Waals surface area contributed by atoms with Gasteiger partial charge in [-0.2, -0.15) is 0 Å². The first-order chi connectivity index (χ1) is 10.7. The summed E-state index contributed by atoms with van der Waals surface area (Å²) in [6.45, 7) is 1.71. The van der Waals surface area contributed by atoms with Gasteiger partial charge in [-0.25, -0.2) is 14.4 Å². The molecule has 0 unspecified atom stereocenters. The summed E-state index contributed by atoms with van der Waals surface area (Å²) in [6.07, 6.45) is 1.40. The maximum absolute atomic E-state index is 13.7. The van der Waals surface area contributed by atoms with Crippen LogP contribution >= 0.6 is 0 Å². The second-order valence-electron chi connectivity index (χ2n) is 5.33. The number of hydrogen-bond donors (Lipinski definition) is 1. The Labute approximate surface area is 128 Å². The summed E-state index contributed by atoms with van der Waals surface area (Å²) in [6, 6.07) is 6.32. The van der Waals surface area contributed by atoms with Gasteiger partial charge in [0, 0.05) is 37.2 Å². The van der Waals surface area contributed by atoms with Gasteiger partial charge in [-0.1, -0.05) is 18.2 Å². The number of β-amino-alcohol motifs (C(OH)–C–C–N with tert-alkyl or cyclic N) is 1. The highest BCUT2D eigenvalue weighted by molar-refractivity contribution is 5.31. The molecule has 0 radical (unpaired) electrons. The normalized spacial score (nSPS) is 16.1. The van der Waals surface area contributed by atoms with E-state index in [0.29, 0.717) is 24.5 Å². The van der Waals surface area contributed by atoms with Crippen LogP contribution in [0.4, 0.5) is 4.39 Å². The number of nitrogens with zero attached hydrogens (tertiary/aromatic N) is 3. The number of rotatable bonds is 4. The van der Waals surface area contributed by atoms with E-state index in [1.54, 1.807) is 25.3 Å². The van der Waals surface area contributed by atoms with E-state index in [4.69, 9.17) is 4.74 Å². The smallest absolute Gasteiger partial charge is 0.220 e. The largest absolute Gasteiger partial charge is 0.481 e. The third kappa shape index (κ3) is 2.93. The summed E-state index contributed by atoms with van der Waals surface area (Å²) in [5, 5.41) is 10.3. The lowest BCUT2D eigenvalue weighted by molar-refractivity contribution is 0.102. The van der Waals surface area contributed by atoms with Crippen LogP contribution in [0.15, 0.2) is 30.6 Å². The number of methoxy groups -OCH3 is 1. The van der Waals surface area contributed by atoms with Gasteiger partial charge in [0.25, 0.3) is 0 Å². The Morgan fingerprint density at radius 1 is 1.36 bits per heavy atom. The standard InChI is InChI=1S/C16H18FN3O2/c1-22-16-12-8-20(7-6-14(12)18-10-19-16)9-15(21)11-4-2-3-5-13(11)17/h2-5,10,15,21H,6-9H2,1H3/t15-/m1/s1. The monoisotopic (exact) mass is 303 g/mol. The Balaban J connectivity index is 1.74. The number of hydrogen-bond acceptors (Lipinski definition) is 5. The van der Waals surface area contributed by atoms with Gasteiger partial charge in [-0.3, -0.25) is 4.90 Å². The molecule has 3 rings (SSSR count). The minimum atomic E-state index is -0.863. The Kier molecular flexibility index (Phi) is 4.31. The summed E-state index contributed by atoms with van der Waals surface area (Å²) >= 11 is 0. The van der Waals surface area contributed by atoms with E-state index in [-0.39, 0.29) is 5.82 Å². The number of halogens is 1. The third-order valence-corrected chi connectivity index (χ3v) is 3.93. The molecule has 1 aliphatic rings. The van der Waals surface area contributed by atoms with Gasteiger partial charge < -0.3 is 9.84 Å². The van der Waals surface area contributed by atoms with E-state index in [1.807, 2.05) is 0 Å². The van der Waals surface area contributed by atoms with Crippen molar-refractivity contribution >= 4 is 0 Å². The van der Waals surface area contributed by atoms with Crippen LogP contribution in [0.1, 0.15) is 22.9 Å². The molecule has 0 saturated heterocycles. The number of aliphatic hydroxyl groups excluding tert-OH is 1. The van der Waals surface area contributed by atoms with E-state index < -0.39 is 6.10 Å². The maximum Gasteiger partial charge on any atom is 0.220 e. The molecule has 5 nitrogen and oxygen atoms in total. The fraction of sp³-hybridized carbons (Fsp3) is 0.375. The molecule has 0 spiro atoms. The zero-order chi connectivity index (χ0) is 15.5. The molecule has 1 aromatic carbocycles. The van der Waals surface area contributed by atoms with Gasteiger partial charge in [0.1, 0.15) is 12.1 Å². The predicted molar refractivity (Wildman–Crippen MR) is 78.9 cm³/mol. The maximum atomic E-state index is 13.7. The molecule has 2 aromatic rings. The molecule has 6 heteroatoms. The Hall–Kier alpha value is -2.05. The van der Waals surface area contributed by atoms with Crippen LogP contribution in [0.2, 0.25) is 0 Å². The van der Waals surface area contributed by atoms with Crippen molar-refractivity contribution in [1.82, 2.24) is 14.9 Å². The van der Waals surface area contributed by atoms with Crippen LogP contribution in [0.3, 0.4) is 0 Å². The second-order valence-corrected chi connectivity index (χ2v) is 5.33. The van der Waals surface area contributed by atoms with Gasteiger partial charge in [0.05, 0.1) is 18.9 Å². The van der Waals surface area contributed by atoms with E-state index >= 15 is 0 Å². The second kappa shape index (κ2) is 6.37. The summed E-state index contributed by atoms with van der Waals surface area (Å²) < 4.78 is 19.0. The van der Waals surface area contributed by atoms with Crippen LogP contribution in [-0.2, 0) is 13.0 Å². The van der Waals surface area contributed by atoms with Crippen molar-refractivity contribution in [3.8, 4) is 5.88 Å². The SMILES string of the molecule is COc1ncnc2c1CN(C[C@@H](O)c1ccccc1F)CC2. The first kappa shape index (κ1) is 14.9. The van der Waals surface area contributed by atoms with E-state index in [1.165, 1.54) is 12.4 Å². The molecule has 1 atom stereocenters. The molecule has 1 aromatic heterocycles. The lowest BCUT2D eigenvalue weighted by atomic mass is 10.0. The first-order valence-electron chi connectivity index (χ1n) is 7.20. The lowest BCUT2D eigenvalue weighted by Crippen LogP contribution is -2.35. The number of ether oxygens (including phenoxy) is 1. The van der Waals surface area contributed by atoms with Gasteiger partial charge >= 0.3 is 0 Å². The van der Waals surface area contributed by atoms with Gasteiger partial charge in [-0.05, 0) is 6.07 Å². The molecular weight excluding hydrogens is 285 g/mol. The molecule has 1 aliphatic heterocycles. The van der Waals surface area contributed by atoms with Crippen molar-refractivity contribution in [2.75, 3.05) is 20.2 Å². The average molecular weight is 303 g/mol. The van der Waals surface area contributed by atoms with Gasteiger partial charge in [0.15, 0.2) is 0 Å². The van der Waals surface area contributed by atoms with Crippen LogP contribution in [0.25, 0.3) is 0 Å². The van der Waals surface area contributed by atoms with Crippen molar-refractivity contribution in [2.45, 2.75) is 19.1 Å². The minimum Gasteiger partial charge on any atom is -0.481 e. The molecule has 0 saturated carbocycles. The van der Waals surface area contributed by atoms with Crippen molar-refractivity contribution < 1.29 is 14.2 Å². The molecule has 2 heterocycles. The Morgan fingerprint density at radius 2 is 2.18 bits per heavy atom. The molecule has 1 N–H and O–H groups in total. The van der Waals surface area contributed by atoms with Crippen LogP contribution in [0, 0.1) is 5.82 Å². The van der Waals surface area contributed by atoms with Crippen molar-refractivity contribution in [2.24, 2.45) is 0 Å². The molecule has 22 heavy (non-hydrogen) atoms. The highest BCUT2D eigenvalue weighted by Crippen LogP contribution is 2.26. The summed E-state index contributed by atoms with van der Waals surface area (Å²) in [5.74, 6) is 0.184. The summed E-state index contributed by atoms with van der Waals surface area (Å²) in [5.41, 5.74) is 2.24. The predicted octanol–water partition coefficient (Wildman–Crippen LogP) is 1.72. The molecule has 0 fully saturated rings. The summed E-state index contributed by atoms with van der Waals surface area (Å²) in [7, 11) is 1.58. The van der Waals surface area contributed by atoms with Crippen LogP contribution < -0.4 is 4.74 Å². The number of benzene rings is 1. The minimum absolute atomic E-state index is 0.324. The zero-order valence-electron chi connectivity index (χ0n) is 12.4. The molecule has 116 valence electrons. The van der Waals surface area contributed by atoms with Gasteiger partial charge in [-0.15, -0.1) is 0 Å². The number of fused-ring (bicyclic) bond motifs is 1. The summed E-state index contributed by atoms with van der Waals surface area (Å²) in [4.78, 5) is 10.4. The van der Waals surface area contributed by atoms with E-state index in [0.717, 1.165) is 24.2 Å². The molecular formula is C16H18FN3O2. The number of aromatic nitrogens is 2. The van der Waals surface area contributed by atoms with E-state index in [9.17, 15) is 9.50 Å². The molecule has 0 aliphatic carbocycles. The highest BCUT2D eigenvalue weighted by atomic mass is 19.1. The van der Waals surface area contributed by atoms with E-state index in [2.05, 4.69) is 14.9 Å². The molecule has 0 bridgehead atoms. The third-order valence-electron chi connectivity index (χ3n) is 3.93. The zero-order valence-corrected chi connectivity index (χ0v) is 12.4. The van der Waals surface area contributed by atoms with Crippen LogP contribution in [0.5, 0.6) is 5.88 Å². The fourth-order valence-electron chi connectivity index (χ4n) is 2.79. The first-order valence-corrected chi connectivity index (χ1v) is 7.20. The lowest BCUT2D eigenvalue weighted by Gasteiger charge is -2.30. The van der Waals surface area contributed by atoms with Gasteiger partial charge in [0.2, 0.25) is 5.88 Å². The van der Waals surface area contributed by atoms with Crippen molar-refractivity contribution in [1.29, 1.82) is 0 Å². The fourth-order valence-corrected chi connectivity index (χ4v) is 2.79. The van der Waals surface area contributed by atoms with Crippen LogP contribution in [-0.4, -0.2) is 40.2 Å². The quantitative estimate of drug-likeness (QED) is 0.932. The molecule has 0 amide bonds. The van der Waals surface area contributed by atoms with Crippen molar-refractivity contribution in [3.63, 3.8) is 0 Å². The Morgan fingerprint density at radius 3 is 2.95 bits per heavy atom. The average Bonchev–Trinajstić information content (AvgIpc) is 2.54. The number of aliphatic hydroxyl groups is 1.